The van der Waals surface area contributed by atoms with Crippen LogP contribution < -0.4 is 0 Å². The van der Waals surface area contributed by atoms with E-state index >= 15 is 0 Å². The van der Waals surface area contributed by atoms with Gasteiger partial charge in [0.25, 0.3) is 0 Å². The number of carbonyl (C=O) groups is 2. The fourth-order valence-electron chi connectivity index (χ4n) is 3.24. The van der Waals surface area contributed by atoms with E-state index in [0.29, 0.717) is 12.8 Å². The quantitative estimate of drug-likeness (QED) is 0.478. The van der Waals surface area contributed by atoms with E-state index < -0.39 is 28.9 Å². The molecule has 0 aromatic rings. The lowest BCUT2D eigenvalue weighted by Crippen LogP contribution is -2.71. The summed E-state index contributed by atoms with van der Waals surface area (Å²) in [4.78, 5) is 25.0. The summed E-state index contributed by atoms with van der Waals surface area (Å²) >= 11 is 0. The van der Waals surface area contributed by atoms with Crippen LogP contribution in [0.4, 0.5) is 0 Å². The predicted molar refractivity (Wildman–Crippen MR) is 71.5 cm³/mol. The molecule has 8 heteroatoms. The zero-order chi connectivity index (χ0) is 16.3. The van der Waals surface area contributed by atoms with E-state index in [1.807, 2.05) is 0 Å². The van der Waals surface area contributed by atoms with Gasteiger partial charge in [0.1, 0.15) is 13.2 Å². The lowest BCUT2D eigenvalue weighted by Gasteiger charge is -2.59. The van der Waals surface area contributed by atoms with Gasteiger partial charge in [0, 0.05) is 0 Å². The van der Waals surface area contributed by atoms with Gasteiger partial charge in [-0.2, -0.15) is 0 Å². The molecule has 128 valence electrons. The summed E-state index contributed by atoms with van der Waals surface area (Å²) in [7, 11) is 0. The minimum Gasteiger partial charge on any atom is -0.459 e. The molecule has 0 unspecified atom stereocenters. The van der Waals surface area contributed by atoms with E-state index in [2.05, 4.69) is 0 Å². The maximum atomic E-state index is 12.5. The van der Waals surface area contributed by atoms with Gasteiger partial charge in [-0.3, -0.25) is 9.59 Å². The van der Waals surface area contributed by atoms with Crippen molar-refractivity contribution in [3.63, 3.8) is 0 Å². The molecule has 0 radical (unpaired) electrons. The molecule has 0 aromatic heterocycles. The zero-order valence-corrected chi connectivity index (χ0v) is 13.2. The van der Waals surface area contributed by atoms with E-state index in [-0.39, 0.29) is 38.6 Å². The third-order valence-corrected chi connectivity index (χ3v) is 5.18. The van der Waals surface area contributed by atoms with Crippen molar-refractivity contribution < 1.29 is 38.0 Å². The molecule has 4 bridgehead atoms. The molecular weight excluding hydrogens is 308 g/mol. The topological polar surface area (TPSA) is 89.5 Å². The standard InChI is InChI=1S/C15H20O8/c1-3-13(4-2,11(16)18-7-14-5-9(20-14)21-14)12(17)19-8-15-6-10(22-15)23-15/h9-10H,3-8H2,1-2H3. The van der Waals surface area contributed by atoms with E-state index in [4.69, 9.17) is 28.4 Å². The number of ether oxygens (including phenoxy) is 6. The number of hydrogen-bond donors (Lipinski definition) is 0. The first-order valence-electron chi connectivity index (χ1n) is 8.01. The fraction of sp³-hybridized carbons (Fsp3) is 0.867. The molecule has 0 aliphatic carbocycles. The molecule has 0 atom stereocenters. The lowest BCUT2D eigenvalue weighted by atomic mass is 9.82. The van der Waals surface area contributed by atoms with Gasteiger partial charge in [-0.15, -0.1) is 0 Å². The lowest BCUT2D eigenvalue weighted by molar-refractivity contribution is -0.558. The van der Waals surface area contributed by atoms with Gasteiger partial charge in [0.15, 0.2) is 18.0 Å². The monoisotopic (exact) mass is 328 g/mol. The third-order valence-electron chi connectivity index (χ3n) is 5.18. The molecule has 23 heavy (non-hydrogen) atoms. The molecule has 6 aliphatic rings. The van der Waals surface area contributed by atoms with Crippen LogP contribution in [0.25, 0.3) is 0 Å². The van der Waals surface area contributed by atoms with Crippen molar-refractivity contribution in [2.75, 3.05) is 13.2 Å². The van der Waals surface area contributed by atoms with Crippen molar-refractivity contribution in [3.05, 3.63) is 0 Å². The maximum Gasteiger partial charge on any atom is 0.323 e. The smallest absolute Gasteiger partial charge is 0.323 e. The minimum absolute atomic E-state index is 0.00476. The second kappa shape index (κ2) is 4.89. The molecule has 6 heterocycles. The number of carbonyl (C=O) groups excluding carboxylic acids is 2. The van der Waals surface area contributed by atoms with Crippen LogP contribution in [-0.4, -0.2) is 49.3 Å². The number of rotatable bonds is 8. The Balaban J connectivity index is 1.34. The minimum atomic E-state index is -1.33. The van der Waals surface area contributed by atoms with Crippen molar-refractivity contribution in [3.8, 4) is 0 Å². The van der Waals surface area contributed by atoms with Crippen LogP contribution in [0, 0.1) is 5.41 Å². The Morgan fingerprint density at radius 1 is 0.913 bits per heavy atom. The molecule has 0 N–H and O–H groups in total. The predicted octanol–water partition coefficient (Wildman–Crippen LogP) is 0.825. The first-order chi connectivity index (χ1) is 10.9. The van der Waals surface area contributed by atoms with Crippen LogP contribution in [0.5, 0.6) is 0 Å². The SMILES string of the molecule is CCC(CC)(C(=O)OCC12CC(O1)O2)C(=O)OCC12CC(O1)O2. The zero-order valence-electron chi connectivity index (χ0n) is 13.2. The first kappa shape index (κ1) is 15.3. The average Bonchev–Trinajstić information content (AvgIpc) is 2.34. The molecule has 0 aromatic carbocycles. The summed E-state index contributed by atoms with van der Waals surface area (Å²) in [5, 5.41) is 0. The van der Waals surface area contributed by atoms with Crippen LogP contribution in [0.3, 0.4) is 0 Å². The highest BCUT2D eigenvalue weighted by Crippen LogP contribution is 2.49. The van der Waals surface area contributed by atoms with Crippen molar-refractivity contribution in [2.45, 2.75) is 63.7 Å². The average molecular weight is 328 g/mol. The molecule has 8 nitrogen and oxygen atoms in total. The molecule has 0 saturated carbocycles. The molecule has 6 fully saturated rings. The Morgan fingerprint density at radius 2 is 1.26 bits per heavy atom. The summed E-state index contributed by atoms with van der Waals surface area (Å²) in [6, 6.07) is 0. The van der Waals surface area contributed by atoms with E-state index in [1.165, 1.54) is 0 Å². The normalized spacial score (nSPS) is 39.2. The summed E-state index contributed by atoms with van der Waals surface area (Å²) in [6.07, 6.45) is 1.69. The molecule has 0 amide bonds. The van der Waals surface area contributed by atoms with Crippen LogP contribution in [-0.2, 0) is 38.0 Å². The summed E-state index contributed by atoms with van der Waals surface area (Å²) in [5.41, 5.74) is -1.33. The molecular formula is C15H20O8. The summed E-state index contributed by atoms with van der Waals surface area (Å²) in [6.45, 7) is 3.51. The molecule has 6 rings (SSSR count). The Morgan fingerprint density at radius 3 is 1.48 bits per heavy atom. The second-order valence-corrected chi connectivity index (χ2v) is 6.50. The van der Waals surface area contributed by atoms with Crippen molar-refractivity contribution in [1.29, 1.82) is 0 Å². The molecule has 6 aliphatic heterocycles. The molecule has 6 saturated heterocycles. The highest BCUT2D eigenvalue weighted by atomic mass is 16.9. The Kier molecular flexibility index (Phi) is 3.26. The Labute approximate surface area is 133 Å². The van der Waals surface area contributed by atoms with Gasteiger partial charge in [0.05, 0.1) is 12.8 Å². The van der Waals surface area contributed by atoms with Crippen molar-refractivity contribution >= 4 is 11.9 Å². The van der Waals surface area contributed by atoms with Gasteiger partial charge in [-0.05, 0) is 12.8 Å². The Hall–Kier alpha value is -1.22. The van der Waals surface area contributed by atoms with Crippen LogP contribution in [0.1, 0.15) is 39.5 Å². The highest BCUT2D eigenvalue weighted by molar-refractivity contribution is 6.00. The van der Waals surface area contributed by atoms with Gasteiger partial charge >= 0.3 is 11.9 Å². The van der Waals surface area contributed by atoms with Crippen molar-refractivity contribution in [1.82, 2.24) is 0 Å². The van der Waals surface area contributed by atoms with Crippen LogP contribution in [0.2, 0.25) is 0 Å². The number of hydrogen-bond acceptors (Lipinski definition) is 8. The van der Waals surface area contributed by atoms with Gasteiger partial charge in [0.2, 0.25) is 11.6 Å². The highest BCUT2D eigenvalue weighted by Gasteiger charge is 2.64. The van der Waals surface area contributed by atoms with Gasteiger partial charge in [-0.25, -0.2) is 0 Å². The van der Waals surface area contributed by atoms with Gasteiger partial charge in [-0.1, -0.05) is 13.8 Å². The van der Waals surface area contributed by atoms with Crippen molar-refractivity contribution in [2.24, 2.45) is 5.41 Å². The van der Waals surface area contributed by atoms with E-state index in [9.17, 15) is 9.59 Å². The van der Waals surface area contributed by atoms with E-state index in [1.54, 1.807) is 13.8 Å². The summed E-state index contributed by atoms with van der Waals surface area (Å²) in [5.74, 6) is -2.79. The molecule has 0 spiro atoms. The first-order valence-corrected chi connectivity index (χ1v) is 8.01. The largest absolute Gasteiger partial charge is 0.459 e. The summed E-state index contributed by atoms with van der Waals surface area (Å²) < 4.78 is 31.7. The maximum absolute atomic E-state index is 12.5. The van der Waals surface area contributed by atoms with Gasteiger partial charge < -0.3 is 28.4 Å². The van der Waals surface area contributed by atoms with Crippen LogP contribution in [0.15, 0.2) is 0 Å². The van der Waals surface area contributed by atoms with E-state index in [0.717, 1.165) is 0 Å². The third kappa shape index (κ3) is 2.12. The second-order valence-electron chi connectivity index (χ2n) is 6.50. The number of esters is 2. The Bertz CT molecular complexity index is 462. The van der Waals surface area contributed by atoms with Crippen LogP contribution >= 0.6 is 0 Å². The fourth-order valence-corrected chi connectivity index (χ4v) is 3.24.